The Morgan fingerprint density at radius 1 is 1.02 bits per heavy atom. The van der Waals surface area contributed by atoms with Gasteiger partial charge in [-0.15, -0.1) is 0 Å². The Labute approximate surface area is 235 Å². The maximum atomic E-state index is 13.6. The van der Waals surface area contributed by atoms with Crippen LogP contribution in [0.3, 0.4) is 0 Å². The number of pyridine rings is 1. The quantitative estimate of drug-likeness (QED) is 0.571. The SMILES string of the molecule is [B]c1ccc(C(c2ccc(C(F)(F)F)cc2)N2CCN(C(=O)CC3CCN(C(N)=O)CC3)C(C(C)(C)C)C2)nc1. The number of carbonyl (C=O) groups excluding carboxylic acids is 2. The third-order valence-corrected chi connectivity index (χ3v) is 8.13. The van der Waals surface area contributed by atoms with Crippen LogP contribution in [0.15, 0.2) is 42.6 Å². The van der Waals surface area contributed by atoms with Gasteiger partial charge in [-0.05, 0) is 47.9 Å². The fourth-order valence-corrected chi connectivity index (χ4v) is 5.80. The number of urea groups is 1. The number of benzene rings is 1. The third-order valence-electron chi connectivity index (χ3n) is 8.13. The van der Waals surface area contributed by atoms with Crippen molar-refractivity contribution in [3.63, 3.8) is 0 Å². The predicted molar refractivity (Wildman–Crippen MR) is 148 cm³/mol. The number of halogens is 3. The van der Waals surface area contributed by atoms with Crippen LogP contribution in [0.25, 0.3) is 0 Å². The summed E-state index contributed by atoms with van der Waals surface area (Å²) >= 11 is 0. The Kier molecular flexibility index (Phi) is 8.82. The van der Waals surface area contributed by atoms with E-state index in [0.717, 1.165) is 25.0 Å². The standard InChI is InChI=1S/C29H37BF3N5O2/c1-28(2,3)24-18-37(14-15-38(24)25(39)16-19-10-12-36(13-11-19)27(34)40)26(23-9-8-22(30)17-35-23)20-4-6-21(7-5-20)29(31,32)33/h4-9,17,19,24,26H,10-16,18H2,1-3H3,(H2,34,40). The van der Waals surface area contributed by atoms with Crippen molar-refractivity contribution in [2.45, 2.75) is 58.3 Å². The summed E-state index contributed by atoms with van der Waals surface area (Å²) < 4.78 is 39.8. The number of piperidine rings is 1. The molecule has 2 saturated heterocycles. The molecule has 3 heterocycles. The number of amides is 3. The summed E-state index contributed by atoms with van der Waals surface area (Å²) in [5.74, 6) is 0.286. The van der Waals surface area contributed by atoms with Gasteiger partial charge in [-0.25, -0.2) is 4.79 Å². The molecule has 2 radical (unpaired) electrons. The monoisotopic (exact) mass is 555 g/mol. The van der Waals surface area contributed by atoms with Crippen molar-refractivity contribution in [2.24, 2.45) is 17.1 Å². The molecule has 0 bridgehead atoms. The number of nitrogens with two attached hydrogens (primary N) is 1. The zero-order valence-corrected chi connectivity index (χ0v) is 23.3. The number of primary amides is 1. The summed E-state index contributed by atoms with van der Waals surface area (Å²) in [4.78, 5) is 35.4. The highest BCUT2D eigenvalue weighted by Gasteiger charge is 2.41. The van der Waals surface area contributed by atoms with Crippen molar-refractivity contribution in [3.05, 3.63) is 59.4 Å². The van der Waals surface area contributed by atoms with Gasteiger partial charge in [-0.3, -0.25) is 14.7 Å². The molecule has 214 valence electrons. The molecule has 2 aliphatic heterocycles. The van der Waals surface area contributed by atoms with Gasteiger partial charge < -0.3 is 15.5 Å². The maximum absolute atomic E-state index is 13.6. The number of rotatable bonds is 5. The van der Waals surface area contributed by atoms with Crippen LogP contribution >= 0.6 is 0 Å². The average molecular weight is 555 g/mol. The molecule has 2 atom stereocenters. The van der Waals surface area contributed by atoms with Crippen molar-refractivity contribution in [3.8, 4) is 0 Å². The van der Waals surface area contributed by atoms with E-state index in [1.165, 1.54) is 12.1 Å². The van der Waals surface area contributed by atoms with Gasteiger partial charge in [0.25, 0.3) is 0 Å². The van der Waals surface area contributed by atoms with Crippen LogP contribution in [-0.4, -0.2) is 78.2 Å². The lowest BCUT2D eigenvalue weighted by atomic mass is 9.82. The number of carbonyl (C=O) groups is 2. The number of nitrogens with zero attached hydrogens (tertiary/aromatic N) is 4. The highest BCUT2D eigenvalue weighted by Crippen LogP contribution is 2.37. The van der Waals surface area contributed by atoms with E-state index in [4.69, 9.17) is 13.6 Å². The average Bonchev–Trinajstić information content (AvgIpc) is 2.89. The highest BCUT2D eigenvalue weighted by molar-refractivity contribution is 6.32. The summed E-state index contributed by atoms with van der Waals surface area (Å²) in [5, 5.41) is 0. The van der Waals surface area contributed by atoms with Crippen LogP contribution in [0.5, 0.6) is 0 Å². The van der Waals surface area contributed by atoms with Crippen LogP contribution in [0.1, 0.15) is 62.9 Å². The molecule has 2 aromatic rings. The molecule has 1 aromatic heterocycles. The number of aromatic nitrogens is 1. The number of hydrogen-bond acceptors (Lipinski definition) is 4. The normalized spacial score (nSPS) is 20.4. The highest BCUT2D eigenvalue weighted by atomic mass is 19.4. The number of piperazine rings is 1. The lowest BCUT2D eigenvalue weighted by molar-refractivity contribution is -0.141. The van der Waals surface area contributed by atoms with Crippen LogP contribution in [0.2, 0.25) is 0 Å². The molecule has 11 heteroatoms. The minimum Gasteiger partial charge on any atom is -0.351 e. The Morgan fingerprint density at radius 2 is 1.68 bits per heavy atom. The molecule has 2 fully saturated rings. The number of hydrogen-bond donors (Lipinski definition) is 1. The lowest BCUT2D eigenvalue weighted by Gasteiger charge is -2.49. The molecule has 4 rings (SSSR count). The van der Waals surface area contributed by atoms with Gasteiger partial charge in [0.15, 0.2) is 0 Å². The minimum atomic E-state index is -4.42. The second-order valence-electron chi connectivity index (χ2n) is 12.0. The van der Waals surface area contributed by atoms with Crippen molar-refractivity contribution in [2.75, 3.05) is 32.7 Å². The van der Waals surface area contributed by atoms with Gasteiger partial charge >= 0.3 is 12.2 Å². The lowest BCUT2D eigenvalue weighted by Crippen LogP contribution is -2.60. The van der Waals surface area contributed by atoms with Crippen LogP contribution in [-0.2, 0) is 11.0 Å². The van der Waals surface area contributed by atoms with Crippen molar-refractivity contribution >= 4 is 25.2 Å². The summed E-state index contributed by atoms with van der Waals surface area (Å²) in [6.07, 6.45) is -0.966. The Morgan fingerprint density at radius 3 is 2.20 bits per heavy atom. The first-order valence-corrected chi connectivity index (χ1v) is 13.7. The molecule has 0 spiro atoms. The zero-order chi connectivity index (χ0) is 29.2. The van der Waals surface area contributed by atoms with Crippen LogP contribution in [0, 0.1) is 11.3 Å². The molecule has 0 saturated carbocycles. The molecule has 3 amide bonds. The fourth-order valence-electron chi connectivity index (χ4n) is 5.80. The first-order valence-electron chi connectivity index (χ1n) is 13.7. The summed E-state index contributed by atoms with van der Waals surface area (Å²) in [7, 11) is 5.87. The molecular weight excluding hydrogens is 518 g/mol. The minimum absolute atomic E-state index is 0.0915. The summed E-state index contributed by atoms with van der Waals surface area (Å²) in [5.41, 5.74) is 6.32. The van der Waals surface area contributed by atoms with Crippen LogP contribution in [0.4, 0.5) is 18.0 Å². The number of alkyl halides is 3. The first-order chi connectivity index (χ1) is 18.7. The summed E-state index contributed by atoms with van der Waals surface area (Å²) in [6, 6.07) is 7.82. The van der Waals surface area contributed by atoms with E-state index in [1.807, 2.05) is 4.90 Å². The van der Waals surface area contributed by atoms with Gasteiger partial charge in [0.05, 0.1) is 17.3 Å². The fraction of sp³-hybridized carbons (Fsp3) is 0.552. The second kappa shape index (κ2) is 11.8. The van der Waals surface area contributed by atoms with E-state index in [-0.39, 0.29) is 23.3 Å². The van der Waals surface area contributed by atoms with E-state index < -0.39 is 23.8 Å². The van der Waals surface area contributed by atoms with Gasteiger partial charge in [-0.1, -0.05) is 44.4 Å². The largest absolute Gasteiger partial charge is 0.416 e. The van der Waals surface area contributed by atoms with E-state index in [2.05, 4.69) is 30.7 Å². The predicted octanol–water partition coefficient (Wildman–Crippen LogP) is 3.72. The molecule has 2 N–H and O–H groups in total. The molecule has 2 unspecified atom stereocenters. The number of likely N-dealkylation sites (tertiary alicyclic amines) is 1. The third kappa shape index (κ3) is 6.97. The molecule has 1 aromatic carbocycles. The Bertz CT molecular complexity index is 1180. The molecular formula is C29H37BF3N5O2. The Balaban J connectivity index is 1.56. The second-order valence-corrected chi connectivity index (χ2v) is 12.0. The smallest absolute Gasteiger partial charge is 0.351 e. The van der Waals surface area contributed by atoms with Crippen molar-refractivity contribution < 1.29 is 22.8 Å². The van der Waals surface area contributed by atoms with E-state index in [0.29, 0.717) is 55.9 Å². The zero-order valence-electron chi connectivity index (χ0n) is 23.3. The van der Waals surface area contributed by atoms with Crippen LogP contribution < -0.4 is 11.2 Å². The first kappa shape index (κ1) is 29.9. The van der Waals surface area contributed by atoms with Gasteiger partial charge in [-0.2, -0.15) is 13.2 Å². The maximum Gasteiger partial charge on any atom is 0.416 e. The van der Waals surface area contributed by atoms with E-state index in [9.17, 15) is 22.8 Å². The van der Waals surface area contributed by atoms with E-state index >= 15 is 0 Å². The van der Waals surface area contributed by atoms with Gasteiger partial charge in [0.1, 0.15) is 7.85 Å². The van der Waals surface area contributed by atoms with Gasteiger partial charge in [0.2, 0.25) is 5.91 Å². The Hall–Kier alpha value is -3.08. The van der Waals surface area contributed by atoms with Crippen molar-refractivity contribution in [1.82, 2.24) is 19.7 Å². The van der Waals surface area contributed by atoms with Crippen molar-refractivity contribution in [1.29, 1.82) is 0 Å². The molecule has 7 nitrogen and oxygen atoms in total. The molecule has 2 aliphatic rings. The summed E-state index contributed by atoms with van der Waals surface area (Å²) in [6.45, 7) is 8.99. The topological polar surface area (TPSA) is 82.8 Å². The van der Waals surface area contributed by atoms with Gasteiger partial charge in [0, 0.05) is 51.4 Å². The molecule has 40 heavy (non-hydrogen) atoms. The molecule has 0 aliphatic carbocycles. The van der Waals surface area contributed by atoms with E-state index in [1.54, 1.807) is 23.2 Å².